The van der Waals surface area contributed by atoms with E-state index < -0.39 is 0 Å². The van der Waals surface area contributed by atoms with Crippen molar-refractivity contribution in [2.75, 3.05) is 20.0 Å². The summed E-state index contributed by atoms with van der Waals surface area (Å²) >= 11 is 5.91. The summed E-state index contributed by atoms with van der Waals surface area (Å²) in [6.07, 6.45) is 0.805. The fraction of sp³-hybridized carbons (Fsp3) is 0.533. The molecule has 0 aliphatic carbocycles. The topological polar surface area (TPSA) is 21.1 Å². The lowest BCUT2D eigenvalue weighted by molar-refractivity contribution is 0.170. The predicted octanol–water partition coefficient (Wildman–Crippen LogP) is 3.16. The van der Waals surface area contributed by atoms with Crippen molar-refractivity contribution in [2.24, 2.45) is 0 Å². The van der Waals surface area contributed by atoms with E-state index in [1.807, 2.05) is 6.07 Å². The molecule has 0 unspecified atom stereocenters. The molecule has 0 amide bonds. The minimum Gasteiger partial charge on any atom is -0.326 e. The van der Waals surface area contributed by atoms with Crippen LogP contribution in [0.3, 0.4) is 0 Å². The van der Waals surface area contributed by atoms with Crippen LogP contribution in [0.2, 0.25) is 0 Å². The van der Waals surface area contributed by atoms with Gasteiger partial charge in [0, 0.05) is 24.4 Å². The number of alkyl halides is 1. The summed E-state index contributed by atoms with van der Waals surface area (Å²) < 4.78 is 2.30. The second-order valence-corrected chi connectivity index (χ2v) is 6.13. The molecule has 3 nitrogen and oxygen atoms in total. The molecule has 2 rings (SSSR count). The van der Waals surface area contributed by atoms with Gasteiger partial charge in [-0.25, -0.2) is 4.98 Å². The number of imidazole rings is 1. The Morgan fingerprint density at radius 2 is 1.95 bits per heavy atom. The maximum atomic E-state index is 5.91. The van der Waals surface area contributed by atoms with E-state index in [0.717, 1.165) is 24.3 Å². The Morgan fingerprint density at radius 3 is 2.58 bits per heavy atom. The third-order valence-corrected chi connectivity index (χ3v) is 4.00. The number of hydrogen-bond donors (Lipinski definition) is 0. The van der Waals surface area contributed by atoms with Crippen LogP contribution in [0.25, 0.3) is 11.0 Å². The van der Waals surface area contributed by atoms with Crippen molar-refractivity contribution in [3.8, 4) is 0 Å². The lowest BCUT2D eigenvalue weighted by Gasteiger charge is -2.33. The number of aryl methyl sites for hydroxylation is 1. The standard InChI is InChI=1S/C15H22ClN3/c1-15(2,18(3)4)11-19-13-8-6-5-7-12(13)17-14(19)9-10-16/h5-8H,9-11H2,1-4H3. The molecule has 0 spiro atoms. The minimum atomic E-state index is 0.0739. The fourth-order valence-corrected chi connectivity index (χ4v) is 2.27. The van der Waals surface area contributed by atoms with Gasteiger partial charge in [-0.1, -0.05) is 12.1 Å². The number of aromatic nitrogens is 2. The third kappa shape index (κ3) is 2.93. The monoisotopic (exact) mass is 279 g/mol. The van der Waals surface area contributed by atoms with E-state index in [0.29, 0.717) is 5.88 Å². The summed E-state index contributed by atoms with van der Waals surface area (Å²) in [6, 6.07) is 8.28. The molecule has 1 aromatic carbocycles. The third-order valence-electron chi connectivity index (χ3n) is 3.81. The molecule has 0 aliphatic heterocycles. The van der Waals surface area contributed by atoms with Crippen LogP contribution in [0.5, 0.6) is 0 Å². The first kappa shape index (κ1) is 14.4. The average molecular weight is 280 g/mol. The summed E-state index contributed by atoms with van der Waals surface area (Å²) in [7, 11) is 4.22. The summed E-state index contributed by atoms with van der Waals surface area (Å²) in [5.41, 5.74) is 2.32. The van der Waals surface area contributed by atoms with Crippen LogP contribution < -0.4 is 0 Å². The zero-order valence-electron chi connectivity index (χ0n) is 12.2. The Labute approximate surface area is 120 Å². The van der Waals surface area contributed by atoms with Crippen molar-refractivity contribution in [1.82, 2.24) is 14.5 Å². The number of benzene rings is 1. The van der Waals surface area contributed by atoms with Gasteiger partial charge in [0.25, 0.3) is 0 Å². The molecule has 0 atom stereocenters. The largest absolute Gasteiger partial charge is 0.326 e. The Kier molecular flexibility index (Phi) is 4.16. The van der Waals surface area contributed by atoms with E-state index in [9.17, 15) is 0 Å². The molecule has 2 aromatic rings. The van der Waals surface area contributed by atoms with Gasteiger partial charge in [0.2, 0.25) is 0 Å². The van der Waals surface area contributed by atoms with Crippen LogP contribution in [0.4, 0.5) is 0 Å². The molecular weight excluding hydrogens is 258 g/mol. The molecule has 0 bridgehead atoms. The van der Waals surface area contributed by atoms with E-state index in [-0.39, 0.29) is 5.54 Å². The lowest BCUT2D eigenvalue weighted by atomic mass is 10.0. The van der Waals surface area contributed by atoms with Gasteiger partial charge in [-0.3, -0.25) is 0 Å². The van der Waals surface area contributed by atoms with E-state index >= 15 is 0 Å². The average Bonchev–Trinajstić information content (AvgIpc) is 2.68. The molecule has 0 N–H and O–H groups in total. The van der Waals surface area contributed by atoms with Gasteiger partial charge in [0.1, 0.15) is 5.82 Å². The first-order valence-electron chi connectivity index (χ1n) is 6.63. The first-order chi connectivity index (χ1) is 8.95. The number of hydrogen-bond acceptors (Lipinski definition) is 2. The van der Waals surface area contributed by atoms with Crippen LogP contribution in [0, 0.1) is 0 Å². The summed E-state index contributed by atoms with van der Waals surface area (Å²) in [5, 5.41) is 0. The van der Waals surface area contributed by atoms with Crippen LogP contribution in [-0.2, 0) is 13.0 Å². The zero-order chi connectivity index (χ0) is 14.0. The molecule has 1 aromatic heterocycles. The molecule has 0 radical (unpaired) electrons. The highest BCUT2D eigenvalue weighted by atomic mass is 35.5. The van der Waals surface area contributed by atoms with Crippen LogP contribution >= 0.6 is 11.6 Å². The molecule has 4 heteroatoms. The highest BCUT2D eigenvalue weighted by molar-refractivity contribution is 6.17. The summed E-state index contributed by atoms with van der Waals surface area (Å²) in [6.45, 7) is 5.39. The van der Waals surface area contributed by atoms with E-state index in [2.05, 4.69) is 55.6 Å². The van der Waals surface area contributed by atoms with Gasteiger partial charge in [-0.2, -0.15) is 0 Å². The van der Waals surface area contributed by atoms with Crippen LogP contribution in [0.15, 0.2) is 24.3 Å². The molecule has 0 saturated carbocycles. The van der Waals surface area contributed by atoms with Gasteiger partial charge >= 0.3 is 0 Å². The minimum absolute atomic E-state index is 0.0739. The number of para-hydroxylation sites is 2. The maximum absolute atomic E-state index is 5.91. The smallest absolute Gasteiger partial charge is 0.111 e. The van der Waals surface area contributed by atoms with Crippen molar-refractivity contribution in [2.45, 2.75) is 32.4 Å². The maximum Gasteiger partial charge on any atom is 0.111 e. The number of fused-ring (bicyclic) bond motifs is 1. The Hall–Kier alpha value is -1.06. The van der Waals surface area contributed by atoms with Crippen LogP contribution in [-0.4, -0.2) is 40.0 Å². The molecule has 0 fully saturated rings. The molecule has 19 heavy (non-hydrogen) atoms. The molecule has 1 heterocycles. The van der Waals surface area contributed by atoms with Crippen molar-refractivity contribution < 1.29 is 0 Å². The van der Waals surface area contributed by atoms with Crippen molar-refractivity contribution in [1.29, 1.82) is 0 Å². The normalized spacial score (nSPS) is 12.5. The summed E-state index contributed by atoms with van der Waals surface area (Å²) in [5.74, 6) is 1.68. The highest BCUT2D eigenvalue weighted by Crippen LogP contribution is 2.21. The number of nitrogens with zero attached hydrogens (tertiary/aromatic N) is 3. The second kappa shape index (κ2) is 5.51. The van der Waals surface area contributed by atoms with Gasteiger partial charge < -0.3 is 9.47 Å². The van der Waals surface area contributed by atoms with Gasteiger partial charge in [-0.15, -0.1) is 11.6 Å². The zero-order valence-corrected chi connectivity index (χ0v) is 12.9. The van der Waals surface area contributed by atoms with Crippen LogP contribution in [0.1, 0.15) is 19.7 Å². The highest BCUT2D eigenvalue weighted by Gasteiger charge is 2.23. The van der Waals surface area contributed by atoms with Crippen molar-refractivity contribution >= 4 is 22.6 Å². The number of rotatable bonds is 5. The number of likely N-dealkylation sites (N-methyl/N-ethyl adjacent to an activating group) is 1. The van der Waals surface area contributed by atoms with Gasteiger partial charge in [0.15, 0.2) is 0 Å². The SMILES string of the molecule is CN(C)C(C)(C)Cn1c(CCCl)nc2ccccc21. The van der Waals surface area contributed by atoms with Gasteiger partial charge in [0.05, 0.1) is 11.0 Å². The second-order valence-electron chi connectivity index (χ2n) is 5.75. The first-order valence-corrected chi connectivity index (χ1v) is 7.16. The van der Waals surface area contributed by atoms with E-state index in [1.165, 1.54) is 5.52 Å². The molecular formula is C15H22ClN3. The fourth-order valence-electron chi connectivity index (χ4n) is 2.11. The Bertz CT molecular complexity index is 558. The van der Waals surface area contributed by atoms with Gasteiger partial charge in [-0.05, 0) is 40.1 Å². The van der Waals surface area contributed by atoms with E-state index in [4.69, 9.17) is 16.6 Å². The van der Waals surface area contributed by atoms with Crippen molar-refractivity contribution in [3.05, 3.63) is 30.1 Å². The Morgan fingerprint density at radius 1 is 1.26 bits per heavy atom. The molecule has 104 valence electrons. The number of halogens is 1. The lowest BCUT2D eigenvalue weighted by Crippen LogP contribution is -2.42. The van der Waals surface area contributed by atoms with Crippen molar-refractivity contribution in [3.63, 3.8) is 0 Å². The Balaban J connectivity index is 2.47. The predicted molar refractivity (Wildman–Crippen MR) is 81.9 cm³/mol. The molecule has 0 saturated heterocycles. The summed E-state index contributed by atoms with van der Waals surface area (Å²) in [4.78, 5) is 6.95. The van der Waals surface area contributed by atoms with E-state index in [1.54, 1.807) is 0 Å². The molecule has 0 aliphatic rings. The quantitative estimate of drug-likeness (QED) is 0.784.